The predicted molar refractivity (Wildman–Crippen MR) is 127 cm³/mol. The number of hydrogen-bond donors (Lipinski definition) is 0. The molecule has 4 unspecified atom stereocenters. The average molecular weight is 450 g/mol. The van der Waals surface area contributed by atoms with Crippen LogP contribution in [0.25, 0.3) is 0 Å². The van der Waals surface area contributed by atoms with Gasteiger partial charge in [0.1, 0.15) is 5.54 Å². The first-order valence-electron chi connectivity index (χ1n) is 11.4. The first-order chi connectivity index (χ1) is 16.5. The fourth-order valence-electron chi connectivity index (χ4n) is 5.97. The highest BCUT2D eigenvalue weighted by atomic mass is 16.2. The van der Waals surface area contributed by atoms with Gasteiger partial charge in [-0.25, -0.2) is 0 Å². The van der Waals surface area contributed by atoms with Gasteiger partial charge in [-0.1, -0.05) is 78.9 Å². The van der Waals surface area contributed by atoms with E-state index in [-0.39, 0.29) is 24.3 Å². The van der Waals surface area contributed by atoms with Crippen molar-refractivity contribution >= 4 is 23.4 Å². The van der Waals surface area contributed by atoms with Crippen molar-refractivity contribution in [2.75, 3.05) is 13.6 Å². The number of carbonyl (C=O) groups excluding carboxylic acids is 3. The van der Waals surface area contributed by atoms with E-state index in [1.54, 1.807) is 17.0 Å². The van der Waals surface area contributed by atoms with Crippen LogP contribution in [0.3, 0.4) is 0 Å². The standard InChI is InChI=1S/C28H23N3O3/c1-30-26(33)22-21-17-31(25(32)19-13-7-3-8-14-19)28(23(22)27(30)34,20-15-9-4-10-16-20)24(29-21)18-11-5-2-6-12-18/h2-16,21-23H,17H2,1H3. The lowest BCUT2D eigenvalue weighted by Crippen LogP contribution is -2.71. The van der Waals surface area contributed by atoms with E-state index in [2.05, 4.69) is 0 Å². The molecule has 0 radical (unpaired) electrons. The van der Waals surface area contributed by atoms with Crippen LogP contribution in [0.15, 0.2) is 96.0 Å². The van der Waals surface area contributed by atoms with E-state index in [1.165, 1.54) is 11.9 Å². The summed E-state index contributed by atoms with van der Waals surface area (Å²) in [4.78, 5) is 49.1. The molecule has 0 aliphatic carbocycles. The number of aliphatic imine (C=N–C) groups is 1. The third kappa shape index (κ3) is 2.62. The summed E-state index contributed by atoms with van der Waals surface area (Å²) >= 11 is 0. The summed E-state index contributed by atoms with van der Waals surface area (Å²) < 4.78 is 0. The van der Waals surface area contributed by atoms with Crippen molar-refractivity contribution in [3.63, 3.8) is 0 Å². The van der Waals surface area contributed by atoms with Gasteiger partial charge in [0.2, 0.25) is 11.8 Å². The van der Waals surface area contributed by atoms with Crippen LogP contribution in [0.2, 0.25) is 0 Å². The second-order valence-corrected chi connectivity index (χ2v) is 9.06. The fraction of sp³-hybridized carbons (Fsp3) is 0.214. The molecular formula is C28H23N3O3. The summed E-state index contributed by atoms with van der Waals surface area (Å²) in [6.07, 6.45) is 0. The molecule has 3 aromatic rings. The molecule has 6 heteroatoms. The second-order valence-electron chi connectivity index (χ2n) is 9.06. The van der Waals surface area contributed by atoms with Crippen molar-refractivity contribution < 1.29 is 14.4 Å². The number of fused-ring (bicyclic) bond motifs is 1. The zero-order valence-electron chi connectivity index (χ0n) is 18.7. The summed E-state index contributed by atoms with van der Waals surface area (Å²) in [5, 5.41) is 0. The van der Waals surface area contributed by atoms with Crippen molar-refractivity contribution in [3.8, 4) is 0 Å². The molecule has 168 valence electrons. The number of imide groups is 1. The number of rotatable bonds is 3. The Kier molecular flexibility index (Phi) is 4.52. The number of likely N-dealkylation sites (tertiary alicyclic amines) is 1. The van der Waals surface area contributed by atoms with Crippen LogP contribution in [0.4, 0.5) is 0 Å². The molecule has 0 aromatic heterocycles. The van der Waals surface area contributed by atoms with Gasteiger partial charge in [-0.3, -0.25) is 24.3 Å². The van der Waals surface area contributed by atoms with Crippen molar-refractivity contribution in [1.82, 2.24) is 9.80 Å². The van der Waals surface area contributed by atoms with Crippen molar-refractivity contribution in [2.45, 2.75) is 11.6 Å². The molecule has 4 aliphatic heterocycles. The van der Waals surface area contributed by atoms with Gasteiger partial charge in [0.05, 0.1) is 23.6 Å². The lowest BCUT2D eigenvalue weighted by atomic mass is 9.60. The van der Waals surface area contributed by atoms with Gasteiger partial charge in [0, 0.05) is 19.2 Å². The van der Waals surface area contributed by atoms with E-state index < -0.39 is 23.4 Å². The number of carbonyl (C=O) groups is 3. The number of hydrogen-bond acceptors (Lipinski definition) is 4. The van der Waals surface area contributed by atoms with Gasteiger partial charge >= 0.3 is 0 Å². The smallest absolute Gasteiger partial charge is 0.255 e. The molecule has 34 heavy (non-hydrogen) atoms. The molecule has 2 fully saturated rings. The first-order valence-corrected chi connectivity index (χ1v) is 11.4. The molecule has 4 heterocycles. The highest BCUT2D eigenvalue weighted by Gasteiger charge is 2.70. The molecule has 4 atom stereocenters. The Morgan fingerprint density at radius 1 is 0.853 bits per heavy atom. The van der Waals surface area contributed by atoms with Crippen molar-refractivity contribution in [1.29, 1.82) is 0 Å². The minimum Gasteiger partial charge on any atom is -0.320 e. The Bertz CT molecular complexity index is 1320. The molecule has 2 saturated heterocycles. The molecule has 2 bridgehead atoms. The zero-order chi connectivity index (χ0) is 23.4. The summed E-state index contributed by atoms with van der Waals surface area (Å²) in [7, 11) is 1.53. The number of amides is 3. The lowest BCUT2D eigenvalue weighted by Gasteiger charge is -2.57. The van der Waals surface area contributed by atoms with Crippen molar-refractivity contribution in [2.24, 2.45) is 16.8 Å². The van der Waals surface area contributed by atoms with Crippen molar-refractivity contribution in [3.05, 3.63) is 108 Å². The van der Waals surface area contributed by atoms with E-state index in [0.717, 1.165) is 11.1 Å². The van der Waals surface area contributed by atoms with Gasteiger partial charge in [-0.05, 0) is 23.3 Å². The van der Waals surface area contributed by atoms with E-state index in [9.17, 15) is 14.4 Å². The van der Waals surface area contributed by atoms with Crippen LogP contribution in [-0.4, -0.2) is 52.9 Å². The molecule has 0 N–H and O–H groups in total. The maximum atomic E-state index is 14.1. The van der Waals surface area contributed by atoms with E-state index >= 15 is 0 Å². The molecule has 6 nitrogen and oxygen atoms in total. The summed E-state index contributed by atoms with van der Waals surface area (Å²) in [6, 6.07) is 27.9. The number of nitrogens with zero attached hydrogens (tertiary/aromatic N) is 3. The Hall–Kier alpha value is -4.06. The van der Waals surface area contributed by atoms with Crippen LogP contribution < -0.4 is 0 Å². The third-order valence-corrected chi connectivity index (χ3v) is 7.41. The number of piperidine rings is 1. The Balaban J connectivity index is 1.67. The van der Waals surface area contributed by atoms with E-state index in [0.29, 0.717) is 11.3 Å². The van der Waals surface area contributed by atoms with Crippen LogP contribution in [0, 0.1) is 11.8 Å². The molecule has 3 aromatic carbocycles. The molecule has 0 saturated carbocycles. The summed E-state index contributed by atoms with van der Waals surface area (Å²) in [6.45, 7) is 0.271. The van der Waals surface area contributed by atoms with Crippen LogP contribution in [-0.2, 0) is 15.1 Å². The van der Waals surface area contributed by atoms with E-state index in [4.69, 9.17) is 4.99 Å². The topological polar surface area (TPSA) is 70.1 Å². The Morgan fingerprint density at radius 3 is 2.09 bits per heavy atom. The monoisotopic (exact) mass is 449 g/mol. The van der Waals surface area contributed by atoms with Gasteiger partial charge in [-0.2, -0.15) is 0 Å². The van der Waals surface area contributed by atoms with Gasteiger partial charge in [-0.15, -0.1) is 0 Å². The number of benzene rings is 3. The first kappa shape index (κ1) is 20.5. The van der Waals surface area contributed by atoms with Gasteiger partial charge in [0.25, 0.3) is 5.91 Å². The Labute approximate surface area is 197 Å². The second kappa shape index (κ2) is 7.48. The predicted octanol–water partition coefficient (Wildman–Crippen LogP) is 3.14. The van der Waals surface area contributed by atoms with Crippen LogP contribution >= 0.6 is 0 Å². The lowest BCUT2D eigenvalue weighted by molar-refractivity contribution is -0.138. The molecule has 7 rings (SSSR count). The Morgan fingerprint density at radius 2 is 1.44 bits per heavy atom. The molecule has 4 aliphatic rings. The fourth-order valence-corrected chi connectivity index (χ4v) is 5.97. The highest BCUT2D eigenvalue weighted by molar-refractivity contribution is 6.18. The summed E-state index contributed by atoms with van der Waals surface area (Å²) in [5.74, 6) is -2.00. The van der Waals surface area contributed by atoms with Crippen LogP contribution in [0.5, 0.6) is 0 Å². The van der Waals surface area contributed by atoms with Gasteiger partial charge < -0.3 is 4.90 Å². The van der Waals surface area contributed by atoms with E-state index in [1.807, 2.05) is 78.9 Å². The normalized spacial score (nSPS) is 27.6. The van der Waals surface area contributed by atoms with Crippen LogP contribution in [0.1, 0.15) is 21.5 Å². The van der Waals surface area contributed by atoms with Gasteiger partial charge in [0.15, 0.2) is 0 Å². The SMILES string of the molecule is CN1C(=O)C2C3CN(C(=O)c4ccccc4)C(c4ccccc4)(C(c4ccccc4)=N3)C2C1=O. The molecule has 3 amide bonds. The maximum Gasteiger partial charge on any atom is 0.255 e. The highest BCUT2D eigenvalue weighted by Crippen LogP contribution is 2.55. The minimum atomic E-state index is -1.20. The third-order valence-electron chi connectivity index (χ3n) is 7.41. The molecular weight excluding hydrogens is 426 g/mol. The minimum absolute atomic E-state index is 0.175. The average Bonchev–Trinajstić information content (AvgIpc) is 3.15. The zero-order valence-corrected chi connectivity index (χ0v) is 18.7. The maximum absolute atomic E-state index is 14.1. The quantitative estimate of drug-likeness (QED) is 0.577. The summed E-state index contributed by atoms with van der Waals surface area (Å²) in [5.41, 5.74) is 1.63. The largest absolute Gasteiger partial charge is 0.320 e. The molecule has 0 spiro atoms.